The van der Waals surface area contributed by atoms with E-state index in [1.54, 1.807) is 0 Å². The van der Waals surface area contributed by atoms with Crippen molar-refractivity contribution in [2.75, 3.05) is 0 Å². The molecule has 4 aromatic carbocycles. The Morgan fingerprint density at radius 3 is 1.21 bits per heavy atom. The second-order valence-corrected chi connectivity index (χ2v) is 15.2. The van der Waals surface area contributed by atoms with Crippen LogP contribution < -0.4 is 21.2 Å². The third kappa shape index (κ3) is 9.72. The Morgan fingerprint density at radius 1 is 0.468 bits per heavy atom. The molecule has 6 rings (SSSR count). The van der Waals surface area contributed by atoms with Crippen LogP contribution >= 0.6 is 15.8 Å². The molecule has 0 heterocycles. The minimum atomic E-state index is -4.48. The fourth-order valence-corrected chi connectivity index (χ4v) is 10.5. The maximum Gasteiger partial charge on any atom is 2.00 e. The number of halogens is 6. The molecular formula is C38H30F6FeP2+2. The van der Waals surface area contributed by atoms with Crippen molar-refractivity contribution in [3.8, 4) is 0 Å². The van der Waals surface area contributed by atoms with Gasteiger partial charge in [0.15, 0.2) is 0 Å². The monoisotopic (exact) mass is 718 g/mol. The molecule has 1 atom stereocenters. The van der Waals surface area contributed by atoms with Gasteiger partial charge in [0.05, 0.1) is 11.1 Å². The summed E-state index contributed by atoms with van der Waals surface area (Å²) in [7, 11) is -2.32. The molecule has 0 spiro atoms. The van der Waals surface area contributed by atoms with Crippen LogP contribution in [0.25, 0.3) is 0 Å². The third-order valence-electron chi connectivity index (χ3n) is 7.43. The van der Waals surface area contributed by atoms with Gasteiger partial charge in [-0.1, -0.05) is 91.9 Å². The Morgan fingerprint density at radius 2 is 0.851 bits per heavy atom. The summed E-state index contributed by atoms with van der Waals surface area (Å²) < 4.78 is 80.1. The molecule has 0 aliphatic heterocycles. The molecule has 4 aromatic rings. The molecule has 2 aliphatic rings. The summed E-state index contributed by atoms with van der Waals surface area (Å²) in [5.74, 6) is 1.04. The first-order valence-electron chi connectivity index (χ1n) is 14.5. The standard InChI is InChI=1S/C33H25F6P2.C5H5.Fe/c1-23(30-13-8-14-31(30)41(26-9-4-2-5-10-26)27-11-6-3-7-12-27)40(28-19-15-24(16-20-28)32(34,35)36)29-21-17-25(18-22-29)33(37,38)39;1-2-4-5-3-1;/h2-23H,1H3;1-5H;/q;;+2/t23-;;/m1../s1. The smallest absolute Gasteiger partial charge is 0.166 e. The predicted octanol–water partition coefficient (Wildman–Crippen LogP) is 9.43. The van der Waals surface area contributed by atoms with E-state index in [1.165, 1.54) is 24.3 Å². The quantitative estimate of drug-likeness (QED) is 0.102. The summed E-state index contributed by atoms with van der Waals surface area (Å²) >= 11 is 0. The van der Waals surface area contributed by atoms with Gasteiger partial charge < -0.3 is 0 Å². The minimum Gasteiger partial charge on any atom is -0.166 e. The van der Waals surface area contributed by atoms with Crippen molar-refractivity contribution in [1.29, 1.82) is 0 Å². The molecule has 0 N–H and O–H groups in total. The Kier molecular flexibility index (Phi) is 13.6. The Labute approximate surface area is 287 Å². The number of benzene rings is 4. The predicted molar refractivity (Wildman–Crippen MR) is 178 cm³/mol. The van der Waals surface area contributed by atoms with E-state index in [0.29, 0.717) is 10.6 Å². The second kappa shape index (κ2) is 17.0. The van der Waals surface area contributed by atoms with Crippen LogP contribution in [-0.2, 0) is 29.4 Å². The fourth-order valence-electron chi connectivity index (χ4n) is 5.24. The summed E-state index contributed by atoms with van der Waals surface area (Å²) in [6.45, 7) is 2.02. The van der Waals surface area contributed by atoms with Gasteiger partial charge in [-0.15, -0.1) is 0 Å². The van der Waals surface area contributed by atoms with Crippen LogP contribution in [0.2, 0.25) is 0 Å². The van der Waals surface area contributed by atoms with E-state index in [9.17, 15) is 26.3 Å². The van der Waals surface area contributed by atoms with Crippen LogP contribution in [0.3, 0.4) is 0 Å². The van der Waals surface area contributed by atoms with Crippen molar-refractivity contribution in [3.63, 3.8) is 0 Å². The molecular weight excluding hydrogens is 688 g/mol. The van der Waals surface area contributed by atoms with Crippen molar-refractivity contribution < 1.29 is 43.4 Å². The zero-order chi connectivity index (χ0) is 32.7. The molecule has 240 valence electrons. The number of rotatable bonds is 7. The average molecular weight is 718 g/mol. The molecule has 0 nitrogen and oxygen atoms in total. The van der Waals surface area contributed by atoms with E-state index in [1.807, 2.05) is 88.3 Å². The van der Waals surface area contributed by atoms with Crippen LogP contribution in [0.5, 0.6) is 0 Å². The van der Waals surface area contributed by atoms with Crippen LogP contribution in [0, 0.1) is 62.9 Å². The normalized spacial score (nSPS) is 16.5. The minimum absolute atomic E-state index is 0. The van der Waals surface area contributed by atoms with Gasteiger partial charge in [-0.05, 0) is 124 Å². The number of hydrogen-bond acceptors (Lipinski definition) is 0. The summed E-state index contributed by atoms with van der Waals surface area (Å²) in [6.07, 6.45) is 7.13. The topological polar surface area (TPSA) is 0 Å². The molecule has 47 heavy (non-hydrogen) atoms. The largest absolute Gasteiger partial charge is 2.00 e. The molecule has 2 fully saturated rings. The van der Waals surface area contributed by atoms with Crippen LogP contribution in [0.4, 0.5) is 26.3 Å². The first kappa shape index (κ1) is 37.7. The average Bonchev–Trinajstić information content (AvgIpc) is 3.79. The van der Waals surface area contributed by atoms with E-state index in [4.69, 9.17) is 0 Å². The maximum atomic E-state index is 13.3. The Hall–Kier alpha value is -2.16. The summed E-state index contributed by atoms with van der Waals surface area (Å²) in [6, 6.07) is 30.3. The van der Waals surface area contributed by atoms with Gasteiger partial charge in [0.1, 0.15) is 0 Å². The van der Waals surface area contributed by atoms with Crippen LogP contribution in [-0.4, -0.2) is 5.66 Å². The molecule has 0 saturated heterocycles. The van der Waals surface area contributed by atoms with E-state index in [0.717, 1.165) is 46.5 Å². The van der Waals surface area contributed by atoms with Crippen LogP contribution in [0.15, 0.2) is 109 Å². The molecule has 0 aromatic heterocycles. The van der Waals surface area contributed by atoms with Crippen molar-refractivity contribution in [2.45, 2.75) is 24.9 Å². The zero-order valence-electron chi connectivity index (χ0n) is 25.1. The van der Waals surface area contributed by atoms with Gasteiger partial charge >= 0.3 is 29.4 Å². The van der Waals surface area contributed by atoms with Crippen molar-refractivity contribution in [2.24, 2.45) is 0 Å². The fraction of sp³-hybridized carbons (Fsp3) is 0.105. The van der Waals surface area contributed by atoms with Gasteiger partial charge in [-0.3, -0.25) is 0 Å². The van der Waals surface area contributed by atoms with Gasteiger partial charge in [0, 0.05) is 5.66 Å². The zero-order valence-corrected chi connectivity index (χ0v) is 28.0. The first-order valence-corrected chi connectivity index (χ1v) is 17.3. The number of alkyl halides is 6. The van der Waals surface area contributed by atoms with Gasteiger partial charge in [0.2, 0.25) is 0 Å². The molecule has 0 bridgehead atoms. The molecule has 2 aliphatic carbocycles. The molecule has 10 radical (unpaired) electrons. The molecule has 9 heteroatoms. The summed E-state index contributed by atoms with van der Waals surface area (Å²) in [4.78, 5) is 0. The molecule has 2 saturated carbocycles. The SMILES string of the molecule is C[C@H]([C]1[CH][CH][CH][C]1P(c1ccccc1)c1ccccc1)P(c1ccc(C(F)(F)F)cc1)c1ccc(C(F)(F)F)cc1.[CH]1[CH][CH][CH][CH]1.[Fe+2]. The summed E-state index contributed by atoms with van der Waals surface area (Å²) in [5.41, 5.74) is -0.596. The van der Waals surface area contributed by atoms with Crippen molar-refractivity contribution in [3.05, 3.63) is 183 Å². The summed E-state index contributed by atoms with van der Waals surface area (Å²) in [5, 5.41) is 3.63. The second-order valence-electron chi connectivity index (χ2n) is 10.5. The van der Waals surface area contributed by atoms with Gasteiger partial charge in [-0.25, -0.2) is 0 Å². The van der Waals surface area contributed by atoms with E-state index < -0.39 is 39.3 Å². The van der Waals surface area contributed by atoms with Crippen molar-refractivity contribution >= 4 is 37.1 Å². The first-order chi connectivity index (χ1) is 22.0. The maximum absolute atomic E-state index is 13.3. The van der Waals surface area contributed by atoms with Gasteiger partial charge in [-0.2, -0.15) is 26.3 Å². The van der Waals surface area contributed by atoms with Crippen molar-refractivity contribution in [1.82, 2.24) is 0 Å². The Balaban J connectivity index is 0.000000762. The third-order valence-corrected chi connectivity index (χ3v) is 12.7. The van der Waals surface area contributed by atoms with Gasteiger partial charge in [0.25, 0.3) is 0 Å². The van der Waals surface area contributed by atoms with E-state index >= 15 is 0 Å². The Bertz CT molecular complexity index is 1380. The molecule has 0 unspecified atom stereocenters. The van der Waals surface area contributed by atoms with Crippen LogP contribution in [0.1, 0.15) is 18.1 Å². The molecule has 0 amide bonds. The van der Waals surface area contributed by atoms with E-state index in [-0.39, 0.29) is 22.7 Å². The number of hydrogen-bond donors (Lipinski definition) is 0. The van der Waals surface area contributed by atoms with E-state index in [2.05, 4.69) is 30.7 Å².